The van der Waals surface area contributed by atoms with Crippen LogP contribution in [0.3, 0.4) is 0 Å². The summed E-state index contributed by atoms with van der Waals surface area (Å²) in [5, 5.41) is -0.570. The molecule has 0 aliphatic rings. The van der Waals surface area contributed by atoms with Crippen LogP contribution in [-0.2, 0) is 16.2 Å². The first-order chi connectivity index (χ1) is 12.9. The van der Waals surface area contributed by atoms with Gasteiger partial charge in [-0.15, -0.1) is 0 Å². The Kier molecular flexibility index (Phi) is 4.76. The lowest BCUT2D eigenvalue weighted by atomic mass is 10.2. The van der Waals surface area contributed by atoms with E-state index in [1.807, 2.05) is 0 Å². The monoisotopic (exact) mass is 433 g/mol. The maximum Gasteiger partial charge on any atom is 0.417 e. The predicted octanol–water partition coefficient (Wildman–Crippen LogP) is 3.00. The quantitative estimate of drug-likeness (QED) is 0.551. The second-order valence-electron chi connectivity index (χ2n) is 5.87. The molecule has 0 aliphatic heterocycles. The SMILES string of the molecule is Cc1cc2[nH]c(=O)c(=O)[nH]c2cc1S(=O)(=O)Nc1ccc(Cl)c(C(F)(F)F)c1. The molecule has 0 atom stereocenters. The number of hydrogen-bond acceptors (Lipinski definition) is 4. The lowest BCUT2D eigenvalue weighted by molar-refractivity contribution is -0.137. The summed E-state index contributed by atoms with van der Waals surface area (Å²) in [5.74, 6) is 0. The van der Waals surface area contributed by atoms with Crippen molar-refractivity contribution >= 4 is 38.3 Å². The van der Waals surface area contributed by atoms with Gasteiger partial charge in [-0.25, -0.2) is 8.42 Å². The van der Waals surface area contributed by atoms with E-state index in [1.54, 1.807) is 0 Å². The van der Waals surface area contributed by atoms with E-state index in [4.69, 9.17) is 11.6 Å². The standard InChI is InChI=1S/C16H11ClF3N3O4S/c1-7-4-11-12(22-15(25)14(24)21-11)6-13(7)28(26,27)23-8-2-3-10(17)9(5-8)16(18,19)20/h2-6,23H,1H3,(H,21,24)(H,22,25). The molecule has 0 unspecified atom stereocenters. The van der Waals surface area contributed by atoms with Crippen molar-refractivity contribution in [2.75, 3.05) is 4.72 Å². The fourth-order valence-corrected chi connectivity index (χ4v) is 4.09. The van der Waals surface area contributed by atoms with Crippen molar-refractivity contribution in [3.63, 3.8) is 0 Å². The van der Waals surface area contributed by atoms with Gasteiger partial charge in [0.05, 0.1) is 26.5 Å². The summed E-state index contributed by atoms with van der Waals surface area (Å²) in [5.41, 5.74) is -2.96. The Morgan fingerprint density at radius 3 is 2.14 bits per heavy atom. The molecule has 2 aromatic carbocycles. The highest BCUT2D eigenvalue weighted by Gasteiger charge is 2.33. The molecule has 1 aromatic heterocycles. The second-order valence-corrected chi connectivity index (χ2v) is 7.93. The van der Waals surface area contributed by atoms with E-state index in [9.17, 15) is 31.2 Å². The van der Waals surface area contributed by atoms with Gasteiger partial charge in [-0.05, 0) is 42.8 Å². The molecule has 0 radical (unpaired) electrons. The number of fused-ring (bicyclic) bond motifs is 1. The Bertz CT molecular complexity index is 1310. The van der Waals surface area contributed by atoms with Crippen LogP contribution in [0.1, 0.15) is 11.1 Å². The highest BCUT2D eigenvalue weighted by molar-refractivity contribution is 7.92. The zero-order valence-electron chi connectivity index (χ0n) is 13.9. The summed E-state index contributed by atoms with van der Waals surface area (Å²) in [7, 11) is -4.31. The van der Waals surface area contributed by atoms with Crippen molar-refractivity contribution in [1.82, 2.24) is 9.97 Å². The van der Waals surface area contributed by atoms with Gasteiger partial charge in [0.2, 0.25) is 0 Å². The summed E-state index contributed by atoms with van der Waals surface area (Å²) in [6, 6.07) is 5.02. The molecule has 7 nitrogen and oxygen atoms in total. The zero-order valence-corrected chi connectivity index (χ0v) is 15.5. The van der Waals surface area contributed by atoms with Crippen molar-refractivity contribution in [2.45, 2.75) is 18.0 Å². The maximum atomic E-state index is 13.0. The molecule has 1 heterocycles. The van der Waals surface area contributed by atoms with E-state index in [1.165, 1.54) is 13.0 Å². The molecule has 0 fully saturated rings. The van der Waals surface area contributed by atoms with Crippen LogP contribution in [0.25, 0.3) is 11.0 Å². The Morgan fingerprint density at radius 1 is 1.00 bits per heavy atom. The lowest BCUT2D eigenvalue weighted by Crippen LogP contribution is -2.29. The van der Waals surface area contributed by atoms with Gasteiger partial charge in [-0.3, -0.25) is 14.3 Å². The number of nitrogens with one attached hydrogen (secondary N) is 3. The van der Waals surface area contributed by atoms with E-state index in [0.29, 0.717) is 6.07 Å². The number of halogens is 4. The Hall–Kier alpha value is -2.79. The number of H-pyrrole nitrogens is 2. The van der Waals surface area contributed by atoms with E-state index < -0.39 is 37.9 Å². The smallest absolute Gasteiger partial charge is 0.316 e. The fourth-order valence-electron chi connectivity index (χ4n) is 2.56. The molecule has 0 saturated heterocycles. The van der Waals surface area contributed by atoms with Gasteiger partial charge >= 0.3 is 17.3 Å². The summed E-state index contributed by atoms with van der Waals surface area (Å²) < 4.78 is 66.3. The van der Waals surface area contributed by atoms with E-state index >= 15 is 0 Å². The number of benzene rings is 2. The molecular formula is C16H11ClF3N3O4S. The Morgan fingerprint density at radius 2 is 1.57 bits per heavy atom. The summed E-state index contributed by atoms with van der Waals surface area (Å²) >= 11 is 5.53. The molecule has 3 aromatic rings. The number of alkyl halides is 3. The molecule has 3 N–H and O–H groups in total. The summed E-state index contributed by atoms with van der Waals surface area (Å²) in [6.07, 6.45) is -4.76. The average molecular weight is 434 g/mol. The molecular weight excluding hydrogens is 423 g/mol. The largest absolute Gasteiger partial charge is 0.417 e. The third kappa shape index (κ3) is 3.76. The van der Waals surface area contributed by atoms with Crippen LogP contribution < -0.4 is 15.8 Å². The molecule has 0 saturated carbocycles. The predicted molar refractivity (Wildman–Crippen MR) is 97.2 cm³/mol. The summed E-state index contributed by atoms with van der Waals surface area (Å²) in [4.78, 5) is 27.1. The molecule has 28 heavy (non-hydrogen) atoms. The highest BCUT2D eigenvalue weighted by atomic mass is 35.5. The maximum absolute atomic E-state index is 13.0. The minimum absolute atomic E-state index is 0.0441. The molecule has 0 spiro atoms. The number of rotatable bonds is 3. The molecule has 12 heteroatoms. The van der Waals surface area contributed by atoms with Crippen molar-refractivity contribution in [2.24, 2.45) is 0 Å². The average Bonchev–Trinajstić information content (AvgIpc) is 2.56. The van der Waals surface area contributed by atoms with Gasteiger partial charge in [0.25, 0.3) is 10.0 Å². The fraction of sp³-hybridized carbons (Fsp3) is 0.125. The van der Waals surface area contributed by atoms with Gasteiger partial charge in [0.15, 0.2) is 0 Å². The molecule has 148 valence electrons. The minimum Gasteiger partial charge on any atom is -0.316 e. The minimum atomic E-state index is -4.76. The van der Waals surface area contributed by atoms with Crippen LogP contribution in [-0.4, -0.2) is 18.4 Å². The number of aryl methyl sites for hydroxylation is 1. The third-order valence-electron chi connectivity index (χ3n) is 3.83. The first kappa shape index (κ1) is 20.0. The van der Waals surface area contributed by atoms with Gasteiger partial charge < -0.3 is 9.97 Å². The number of aromatic amines is 2. The van der Waals surface area contributed by atoms with Crippen molar-refractivity contribution in [1.29, 1.82) is 0 Å². The normalized spacial score (nSPS) is 12.3. The van der Waals surface area contributed by atoms with Gasteiger partial charge in [-0.2, -0.15) is 13.2 Å². The Labute approximate surface area is 160 Å². The van der Waals surface area contributed by atoms with Crippen LogP contribution in [0, 0.1) is 6.92 Å². The zero-order chi connectivity index (χ0) is 20.9. The molecule has 0 amide bonds. The number of sulfonamides is 1. The van der Waals surface area contributed by atoms with Gasteiger partial charge in [0, 0.05) is 5.69 Å². The summed E-state index contributed by atoms with van der Waals surface area (Å²) in [6.45, 7) is 1.43. The first-order valence-corrected chi connectivity index (χ1v) is 9.41. The number of anilines is 1. The molecule has 0 bridgehead atoms. The van der Waals surface area contributed by atoms with E-state index in [0.717, 1.165) is 18.2 Å². The van der Waals surface area contributed by atoms with Gasteiger partial charge in [0.1, 0.15) is 0 Å². The lowest BCUT2D eigenvalue weighted by Gasteiger charge is -2.14. The van der Waals surface area contributed by atoms with Crippen molar-refractivity contribution < 1.29 is 21.6 Å². The highest BCUT2D eigenvalue weighted by Crippen LogP contribution is 2.36. The van der Waals surface area contributed by atoms with Crippen LogP contribution >= 0.6 is 11.6 Å². The van der Waals surface area contributed by atoms with E-state index in [2.05, 4.69) is 14.7 Å². The van der Waals surface area contributed by atoms with Crippen LogP contribution in [0.4, 0.5) is 18.9 Å². The molecule has 3 rings (SSSR count). The van der Waals surface area contributed by atoms with Gasteiger partial charge in [-0.1, -0.05) is 11.6 Å². The van der Waals surface area contributed by atoms with Crippen LogP contribution in [0.5, 0.6) is 0 Å². The first-order valence-electron chi connectivity index (χ1n) is 7.55. The van der Waals surface area contributed by atoms with Crippen LogP contribution in [0.15, 0.2) is 44.8 Å². The molecule has 0 aliphatic carbocycles. The number of aromatic nitrogens is 2. The Balaban J connectivity index is 2.09. The van der Waals surface area contributed by atoms with Crippen molar-refractivity contribution in [3.05, 3.63) is 67.2 Å². The second kappa shape index (κ2) is 6.67. The van der Waals surface area contributed by atoms with E-state index in [-0.39, 0.29) is 27.2 Å². The number of hydrogen-bond donors (Lipinski definition) is 3. The topological polar surface area (TPSA) is 112 Å². The van der Waals surface area contributed by atoms with Crippen LogP contribution in [0.2, 0.25) is 5.02 Å². The third-order valence-corrected chi connectivity index (χ3v) is 5.68. The van der Waals surface area contributed by atoms with Crippen molar-refractivity contribution in [3.8, 4) is 0 Å².